The number of hydrogen-bond donors (Lipinski definition) is 2. The molecular weight excluding hydrogens is 228 g/mol. The zero-order chi connectivity index (χ0) is 13.0. The first-order valence-electron chi connectivity index (χ1n) is 6.31. The molecule has 0 spiro atoms. The van der Waals surface area contributed by atoms with Gasteiger partial charge < -0.3 is 15.8 Å². The van der Waals surface area contributed by atoms with Gasteiger partial charge in [0.2, 0.25) is 5.91 Å². The van der Waals surface area contributed by atoms with Gasteiger partial charge in [-0.3, -0.25) is 4.79 Å². The number of amides is 1. The van der Waals surface area contributed by atoms with Crippen LogP contribution in [-0.4, -0.2) is 19.6 Å². The minimum atomic E-state index is -0.307. The lowest BCUT2D eigenvalue weighted by atomic mass is 9.68. The number of hydrogen-bond acceptors (Lipinski definition) is 3. The van der Waals surface area contributed by atoms with Crippen molar-refractivity contribution in [3.63, 3.8) is 0 Å². The lowest BCUT2D eigenvalue weighted by molar-refractivity contribution is -0.135. The molecule has 0 radical (unpaired) electrons. The Morgan fingerprint density at radius 1 is 1.50 bits per heavy atom. The third-order valence-corrected chi connectivity index (χ3v) is 3.77. The van der Waals surface area contributed by atoms with Gasteiger partial charge in [0.1, 0.15) is 5.75 Å². The minimum Gasteiger partial charge on any atom is -0.497 e. The average Bonchev–Trinajstić information content (AvgIpc) is 2.36. The Morgan fingerprint density at radius 3 is 2.83 bits per heavy atom. The molecule has 1 aromatic carbocycles. The van der Waals surface area contributed by atoms with Crippen LogP contribution in [0.15, 0.2) is 24.3 Å². The summed E-state index contributed by atoms with van der Waals surface area (Å²) >= 11 is 0. The fourth-order valence-corrected chi connectivity index (χ4v) is 2.28. The molecule has 1 saturated carbocycles. The van der Waals surface area contributed by atoms with Gasteiger partial charge in [0.15, 0.2) is 0 Å². The predicted octanol–water partition coefficient (Wildman–Crippen LogP) is 1.44. The molecule has 3 N–H and O–H groups in total. The van der Waals surface area contributed by atoms with E-state index in [0.29, 0.717) is 13.1 Å². The number of methoxy groups -OCH3 is 1. The van der Waals surface area contributed by atoms with Crippen LogP contribution in [0.5, 0.6) is 5.75 Å². The predicted molar refractivity (Wildman–Crippen MR) is 70.2 cm³/mol. The Morgan fingerprint density at radius 2 is 2.28 bits per heavy atom. The van der Waals surface area contributed by atoms with Crippen molar-refractivity contribution in [1.82, 2.24) is 5.32 Å². The molecule has 98 valence electrons. The lowest BCUT2D eigenvalue weighted by Crippen LogP contribution is -2.50. The molecule has 1 aliphatic rings. The second-order valence-corrected chi connectivity index (χ2v) is 4.87. The summed E-state index contributed by atoms with van der Waals surface area (Å²) in [4.78, 5) is 12.1. The zero-order valence-electron chi connectivity index (χ0n) is 10.7. The molecule has 0 aliphatic heterocycles. The number of rotatable bonds is 5. The molecule has 18 heavy (non-hydrogen) atoms. The number of nitrogens with one attached hydrogen (secondary N) is 1. The van der Waals surface area contributed by atoms with Crippen molar-refractivity contribution < 1.29 is 9.53 Å². The normalized spacial score (nSPS) is 16.8. The summed E-state index contributed by atoms with van der Waals surface area (Å²) in [5, 5.41) is 2.97. The SMILES string of the molecule is COc1cccc(CNC(=O)C2(CN)CCC2)c1. The molecule has 0 heterocycles. The van der Waals surface area contributed by atoms with Crippen LogP contribution >= 0.6 is 0 Å². The van der Waals surface area contributed by atoms with Crippen LogP contribution < -0.4 is 15.8 Å². The molecule has 0 bridgehead atoms. The maximum absolute atomic E-state index is 12.1. The van der Waals surface area contributed by atoms with Gasteiger partial charge in [-0.1, -0.05) is 18.6 Å². The Balaban J connectivity index is 1.92. The summed E-state index contributed by atoms with van der Waals surface area (Å²) in [6, 6.07) is 7.70. The van der Waals surface area contributed by atoms with Gasteiger partial charge in [0, 0.05) is 13.1 Å². The first-order chi connectivity index (χ1) is 8.70. The summed E-state index contributed by atoms with van der Waals surface area (Å²) in [6.45, 7) is 0.967. The van der Waals surface area contributed by atoms with Crippen molar-refractivity contribution in [3.05, 3.63) is 29.8 Å². The fourth-order valence-electron chi connectivity index (χ4n) is 2.28. The highest BCUT2D eigenvalue weighted by molar-refractivity contribution is 5.83. The second-order valence-electron chi connectivity index (χ2n) is 4.87. The van der Waals surface area contributed by atoms with E-state index < -0.39 is 0 Å². The van der Waals surface area contributed by atoms with Gasteiger partial charge in [-0.25, -0.2) is 0 Å². The van der Waals surface area contributed by atoms with Gasteiger partial charge in [0.25, 0.3) is 0 Å². The Hall–Kier alpha value is -1.55. The molecule has 0 saturated heterocycles. The van der Waals surface area contributed by atoms with Crippen molar-refractivity contribution in [3.8, 4) is 5.75 Å². The molecule has 1 aliphatic carbocycles. The van der Waals surface area contributed by atoms with E-state index in [1.165, 1.54) is 0 Å². The quantitative estimate of drug-likeness (QED) is 0.828. The summed E-state index contributed by atoms with van der Waals surface area (Å²) in [7, 11) is 1.63. The molecule has 4 heteroatoms. The first-order valence-corrected chi connectivity index (χ1v) is 6.31. The van der Waals surface area contributed by atoms with Crippen molar-refractivity contribution >= 4 is 5.91 Å². The van der Waals surface area contributed by atoms with Crippen LogP contribution in [0, 0.1) is 5.41 Å². The van der Waals surface area contributed by atoms with Gasteiger partial charge in [-0.05, 0) is 30.5 Å². The number of carbonyl (C=O) groups is 1. The third-order valence-electron chi connectivity index (χ3n) is 3.77. The molecule has 0 atom stereocenters. The summed E-state index contributed by atoms with van der Waals surface area (Å²) in [6.07, 6.45) is 2.92. The smallest absolute Gasteiger partial charge is 0.227 e. The highest BCUT2D eigenvalue weighted by Crippen LogP contribution is 2.40. The molecule has 1 amide bonds. The average molecular weight is 248 g/mol. The number of ether oxygens (including phenoxy) is 1. The molecular formula is C14H20N2O2. The maximum Gasteiger partial charge on any atom is 0.227 e. The van der Waals surface area contributed by atoms with Crippen LogP contribution in [0.4, 0.5) is 0 Å². The van der Waals surface area contributed by atoms with E-state index in [2.05, 4.69) is 5.32 Å². The Kier molecular flexibility index (Phi) is 3.87. The largest absolute Gasteiger partial charge is 0.497 e. The van der Waals surface area contributed by atoms with Gasteiger partial charge in [0.05, 0.1) is 12.5 Å². The van der Waals surface area contributed by atoms with E-state index in [9.17, 15) is 4.79 Å². The molecule has 0 unspecified atom stereocenters. The highest BCUT2D eigenvalue weighted by atomic mass is 16.5. The van der Waals surface area contributed by atoms with Crippen LogP contribution in [0.25, 0.3) is 0 Å². The van der Waals surface area contributed by atoms with Gasteiger partial charge in [-0.15, -0.1) is 0 Å². The fraction of sp³-hybridized carbons (Fsp3) is 0.500. The Labute approximate surface area is 108 Å². The van der Waals surface area contributed by atoms with Crippen molar-refractivity contribution in [1.29, 1.82) is 0 Å². The summed E-state index contributed by atoms with van der Waals surface area (Å²) in [5.74, 6) is 0.887. The van der Waals surface area contributed by atoms with E-state index in [1.807, 2.05) is 24.3 Å². The van der Waals surface area contributed by atoms with E-state index >= 15 is 0 Å². The van der Waals surface area contributed by atoms with E-state index in [4.69, 9.17) is 10.5 Å². The molecule has 0 aromatic heterocycles. The van der Waals surface area contributed by atoms with Gasteiger partial charge >= 0.3 is 0 Å². The van der Waals surface area contributed by atoms with Crippen molar-refractivity contribution in [2.45, 2.75) is 25.8 Å². The second kappa shape index (κ2) is 5.40. The molecule has 1 aromatic rings. The van der Waals surface area contributed by atoms with Crippen LogP contribution in [0.3, 0.4) is 0 Å². The van der Waals surface area contributed by atoms with Crippen LogP contribution in [-0.2, 0) is 11.3 Å². The van der Waals surface area contributed by atoms with Crippen LogP contribution in [0.1, 0.15) is 24.8 Å². The van der Waals surface area contributed by atoms with E-state index in [-0.39, 0.29) is 11.3 Å². The number of benzene rings is 1. The molecule has 4 nitrogen and oxygen atoms in total. The number of nitrogens with two attached hydrogens (primary N) is 1. The number of carbonyl (C=O) groups excluding carboxylic acids is 1. The first kappa shape index (κ1) is 12.9. The minimum absolute atomic E-state index is 0.0825. The Bertz CT molecular complexity index is 422. The maximum atomic E-state index is 12.1. The van der Waals surface area contributed by atoms with Gasteiger partial charge in [-0.2, -0.15) is 0 Å². The van der Waals surface area contributed by atoms with E-state index in [1.54, 1.807) is 7.11 Å². The molecule has 2 rings (SSSR count). The van der Waals surface area contributed by atoms with Crippen molar-refractivity contribution in [2.24, 2.45) is 11.1 Å². The monoisotopic (exact) mass is 248 g/mol. The lowest BCUT2D eigenvalue weighted by Gasteiger charge is -2.39. The standard InChI is InChI=1S/C14H20N2O2/c1-18-12-5-2-4-11(8-12)9-16-13(17)14(10-15)6-3-7-14/h2,4-5,8H,3,6-7,9-10,15H2,1H3,(H,16,17). The zero-order valence-corrected chi connectivity index (χ0v) is 10.7. The topological polar surface area (TPSA) is 64.3 Å². The van der Waals surface area contributed by atoms with Crippen molar-refractivity contribution in [2.75, 3.05) is 13.7 Å². The van der Waals surface area contributed by atoms with E-state index in [0.717, 1.165) is 30.6 Å². The summed E-state index contributed by atoms with van der Waals surface area (Å²) in [5.41, 5.74) is 6.43. The highest BCUT2D eigenvalue weighted by Gasteiger charge is 2.42. The van der Waals surface area contributed by atoms with Crippen LogP contribution in [0.2, 0.25) is 0 Å². The third kappa shape index (κ3) is 2.48. The molecule has 1 fully saturated rings. The summed E-state index contributed by atoms with van der Waals surface area (Å²) < 4.78 is 5.15.